The molecule has 1 N–H and O–H groups in total. The third kappa shape index (κ3) is 4.29. The van der Waals surface area contributed by atoms with Gasteiger partial charge in [0.05, 0.1) is 11.7 Å². The summed E-state index contributed by atoms with van der Waals surface area (Å²) in [6.07, 6.45) is 2.88. The molecular weight excluding hydrogens is 258 g/mol. The quantitative estimate of drug-likeness (QED) is 0.752. The highest BCUT2D eigenvalue weighted by Gasteiger charge is 2.31. The van der Waals surface area contributed by atoms with Crippen LogP contribution in [0.15, 0.2) is 0 Å². The van der Waals surface area contributed by atoms with Gasteiger partial charge in [-0.2, -0.15) is 0 Å². The second-order valence-corrected chi connectivity index (χ2v) is 6.95. The highest BCUT2D eigenvalue weighted by atomic mass is 32.2. The number of rotatable bonds is 6. The van der Waals surface area contributed by atoms with Crippen molar-refractivity contribution in [2.24, 2.45) is 0 Å². The molecule has 0 radical (unpaired) electrons. The first-order chi connectivity index (χ1) is 8.33. The minimum Gasteiger partial charge on any atom is -0.481 e. The highest BCUT2D eigenvalue weighted by Crippen LogP contribution is 2.25. The van der Waals surface area contributed by atoms with Gasteiger partial charge in [-0.1, -0.05) is 12.8 Å². The summed E-state index contributed by atoms with van der Waals surface area (Å²) in [7, 11) is -1.96. The normalized spacial score (nSPS) is 16.7. The molecule has 0 aromatic rings. The van der Waals surface area contributed by atoms with Gasteiger partial charge in [0.15, 0.2) is 9.84 Å². The number of hydrogen-bond donors (Lipinski definition) is 1. The molecule has 0 aromatic carbocycles. The standard InChI is InChI=1S/C11H19NO5S/c1-12(7-6-11(14)15)10(13)8-18(16,17)9-4-2-3-5-9/h9H,2-8H2,1H3,(H,14,15). The predicted molar refractivity (Wildman–Crippen MR) is 65.9 cm³/mol. The maximum absolute atomic E-state index is 11.9. The average molecular weight is 277 g/mol. The Morgan fingerprint density at radius 2 is 1.83 bits per heavy atom. The van der Waals surface area contributed by atoms with Crippen molar-refractivity contribution in [1.29, 1.82) is 0 Å². The van der Waals surface area contributed by atoms with Gasteiger partial charge in [-0.05, 0) is 12.8 Å². The lowest BCUT2D eigenvalue weighted by Crippen LogP contribution is -2.36. The van der Waals surface area contributed by atoms with Crippen LogP contribution in [0.5, 0.6) is 0 Å². The number of hydrogen-bond acceptors (Lipinski definition) is 4. The van der Waals surface area contributed by atoms with Crippen molar-refractivity contribution in [3.05, 3.63) is 0 Å². The molecule has 18 heavy (non-hydrogen) atoms. The summed E-state index contributed by atoms with van der Waals surface area (Å²) < 4.78 is 23.8. The first-order valence-electron chi connectivity index (χ1n) is 6.00. The topological polar surface area (TPSA) is 91.8 Å². The molecule has 7 heteroatoms. The number of carbonyl (C=O) groups is 2. The van der Waals surface area contributed by atoms with Crippen LogP contribution in [0.1, 0.15) is 32.1 Å². The van der Waals surface area contributed by atoms with Gasteiger partial charge in [-0.25, -0.2) is 8.42 Å². The third-order valence-electron chi connectivity index (χ3n) is 3.22. The summed E-state index contributed by atoms with van der Waals surface area (Å²) in [6, 6.07) is 0. The molecule has 1 aliphatic carbocycles. The summed E-state index contributed by atoms with van der Waals surface area (Å²) in [4.78, 5) is 23.2. The van der Waals surface area contributed by atoms with Crippen molar-refractivity contribution in [3.63, 3.8) is 0 Å². The zero-order chi connectivity index (χ0) is 13.8. The van der Waals surface area contributed by atoms with Crippen molar-refractivity contribution >= 4 is 21.7 Å². The van der Waals surface area contributed by atoms with Gasteiger partial charge in [0.25, 0.3) is 0 Å². The molecule has 0 atom stereocenters. The summed E-state index contributed by atoms with van der Waals surface area (Å²) in [5, 5.41) is 8.10. The average Bonchev–Trinajstić information content (AvgIpc) is 2.79. The molecule has 1 rings (SSSR count). The summed E-state index contributed by atoms with van der Waals surface area (Å²) in [5.41, 5.74) is 0. The third-order valence-corrected chi connectivity index (χ3v) is 5.36. The fraction of sp³-hybridized carbons (Fsp3) is 0.818. The Morgan fingerprint density at radius 1 is 1.28 bits per heavy atom. The maximum Gasteiger partial charge on any atom is 0.305 e. The van der Waals surface area contributed by atoms with Gasteiger partial charge >= 0.3 is 5.97 Å². The van der Waals surface area contributed by atoms with Crippen LogP contribution in [-0.4, -0.2) is 54.9 Å². The van der Waals surface area contributed by atoms with E-state index in [0.717, 1.165) is 12.8 Å². The zero-order valence-corrected chi connectivity index (χ0v) is 11.3. The molecule has 1 saturated carbocycles. The summed E-state index contributed by atoms with van der Waals surface area (Å²) >= 11 is 0. The minimum absolute atomic E-state index is 0.0361. The second-order valence-electron chi connectivity index (χ2n) is 4.67. The summed E-state index contributed by atoms with van der Waals surface area (Å²) in [6.45, 7) is 0.0361. The van der Waals surface area contributed by atoms with E-state index in [9.17, 15) is 18.0 Å². The molecule has 0 saturated heterocycles. The van der Waals surface area contributed by atoms with Crippen molar-refractivity contribution < 1.29 is 23.1 Å². The van der Waals surface area contributed by atoms with Gasteiger partial charge in [0.2, 0.25) is 5.91 Å². The Kier molecular flexibility index (Phi) is 5.13. The number of carbonyl (C=O) groups excluding carboxylic acids is 1. The lowest BCUT2D eigenvalue weighted by molar-refractivity contribution is -0.137. The molecule has 0 heterocycles. The number of sulfone groups is 1. The van der Waals surface area contributed by atoms with Crippen LogP contribution in [0, 0.1) is 0 Å². The van der Waals surface area contributed by atoms with E-state index < -0.39 is 32.7 Å². The Balaban J connectivity index is 2.50. The molecule has 0 aliphatic heterocycles. The van der Waals surface area contributed by atoms with E-state index in [2.05, 4.69) is 0 Å². The van der Waals surface area contributed by atoms with E-state index in [1.54, 1.807) is 0 Å². The number of aliphatic carboxylic acids is 1. The smallest absolute Gasteiger partial charge is 0.305 e. The molecule has 6 nitrogen and oxygen atoms in total. The van der Waals surface area contributed by atoms with Crippen LogP contribution >= 0.6 is 0 Å². The zero-order valence-electron chi connectivity index (χ0n) is 10.5. The van der Waals surface area contributed by atoms with Gasteiger partial charge in [-0.3, -0.25) is 9.59 Å². The molecule has 0 spiro atoms. The fourth-order valence-corrected chi connectivity index (χ4v) is 3.89. The monoisotopic (exact) mass is 277 g/mol. The predicted octanol–water partition coefficient (Wildman–Crippen LogP) is 0.277. The van der Waals surface area contributed by atoms with Crippen LogP contribution in [-0.2, 0) is 19.4 Å². The lowest BCUT2D eigenvalue weighted by atomic mass is 10.4. The first-order valence-corrected chi connectivity index (χ1v) is 7.72. The number of carboxylic acid groups (broad SMARTS) is 1. The summed E-state index contributed by atoms with van der Waals surface area (Å²) in [5.74, 6) is -2.04. The van der Waals surface area contributed by atoms with Gasteiger partial charge in [-0.15, -0.1) is 0 Å². The Morgan fingerprint density at radius 3 is 2.33 bits per heavy atom. The van der Waals surface area contributed by atoms with Crippen LogP contribution in [0.4, 0.5) is 0 Å². The van der Waals surface area contributed by atoms with Gasteiger partial charge in [0, 0.05) is 13.6 Å². The molecular formula is C11H19NO5S. The molecule has 1 aliphatic rings. The van der Waals surface area contributed by atoms with E-state index in [1.165, 1.54) is 11.9 Å². The number of carboxylic acids is 1. The molecule has 1 fully saturated rings. The Hall–Kier alpha value is -1.11. The first kappa shape index (κ1) is 14.9. The lowest BCUT2D eigenvalue weighted by Gasteiger charge is -2.17. The van der Waals surface area contributed by atoms with E-state index in [0.29, 0.717) is 12.8 Å². The van der Waals surface area contributed by atoms with E-state index in [1.807, 2.05) is 0 Å². The van der Waals surface area contributed by atoms with Crippen LogP contribution in [0.3, 0.4) is 0 Å². The Bertz CT molecular complexity index is 411. The van der Waals surface area contributed by atoms with Crippen LogP contribution in [0.2, 0.25) is 0 Å². The Labute approximate surface area is 107 Å². The highest BCUT2D eigenvalue weighted by molar-refractivity contribution is 7.92. The van der Waals surface area contributed by atoms with E-state index in [4.69, 9.17) is 5.11 Å². The van der Waals surface area contributed by atoms with Gasteiger partial charge in [0.1, 0.15) is 5.75 Å². The number of nitrogens with zero attached hydrogens (tertiary/aromatic N) is 1. The van der Waals surface area contributed by atoms with Crippen molar-refractivity contribution in [2.75, 3.05) is 19.3 Å². The van der Waals surface area contributed by atoms with Crippen molar-refractivity contribution in [1.82, 2.24) is 4.90 Å². The van der Waals surface area contributed by atoms with Crippen LogP contribution < -0.4 is 0 Å². The second kappa shape index (κ2) is 6.17. The van der Waals surface area contributed by atoms with E-state index >= 15 is 0 Å². The van der Waals surface area contributed by atoms with Crippen molar-refractivity contribution in [2.45, 2.75) is 37.4 Å². The van der Waals surface area contributed by atoms with E-state index in [-0.39, 0.29) is 13.0 Å². The molecule has 0 aromatic heterocycles. The molecule has 0 unspecified atom stereocenters. The van der Waals surface area contributed by atoms with Crippen molar-refractivity contribution in [3.8, 4) is 0 Å². The molecule has 104 valence electrons. The largest absolute Gasteiger partial charge is 0.481 e. The number of amides is 1. The van der Waals surface area contributed by atoms with Crippen LogP contribution in [0.25, 0.3) is 0 Å². The molecule has 0 bridgehead atoms. The molecule has 1 amide bonds. The maximum atomic E-state index is 11.9. The SMILES string of the molecule is CN(CCC(=O)O)C(=O)CS(=O)(=O)C1CCCC1. The fourth-order valence-electron chi connectivity index (χ4n) is 2.04. The van der Waals surface area contributed by atoms with Gasteiger partial charge < -0.3 is 10.0 Å². The minimum atomic E-state index is -3.38.